The monoisotopic (exact) mass is 666 g/mol. The zero-order valence-electron chi connectivity index (χ0n) is 29.4. The summed E-state index contributed by atoms with van der Waals surface area (Å²) in [5.41, 5.74) is 5.89. The van der Waals surface area contributed by atoms with Crippen LogP contribution in [0.2, 0.25) is 25.7 Å². The van der Waals surface area contributed by atoms with E-state index < -0.39 is 8.07 Å². The molecule has 4 aromatic rings. The number of piperidine rings is 1. The molecule has 2 aliphatic rings. The molecule has 1 N–H and O–H groups in total. The number of fused-ring (bicyclic) bond motifs is 1. The predicted octanol–water partition coefficient (Wildman–Crippen LogP) is 6.88. The number of hydrogen-bond donors (Lipinski definition) is 1. The molecule has 1 aliphatic carbocycles. The number of anilines is 1. The van der Waals surface area contributed by atoms with Gasteiger partial charge in [0.1, 0.15) is 24.6 Å². The molecule has 48 heavy (non-hydrogen) atoms. The fourth-order valence-electron chi connectivity index (χ4n) is 7.65. The minimum atomic E-state index is -1.20. The van der Waals surface area contributed by atoms with Gasteiger partial charge in [0.25, 0.3) is 5.91 Å². The van der Waals surface area contributed by atoms with Gasteiger partial charge in [-0.25, -0.2) is 4.98 Å². The zero-order chi connectivity index (χ0) is 34.1. The summed E-state index contributed by atoms with van der Waals surface area (Å²) in [6.45, 7) is 15.6. The number of nitrogens with zero attached hydrogens (tertiary/aromatic N) is 7. The van der Waals surface area contributed by atoms with Crippen molar-refractivity contribution in [3.63, 3.8) is 0 Å². The molecular formula is C37H50N8O2Si. The highest BCUT2D eigenvalue weighted by Crippen LogP contribution is 2.53. The number of pyridine rings is 1. The van der Waals surface area contributed by atoms with Crippen molar-refractivity contribution in [2.45, 2.75) is 90.3 Å². The van der Waals surface area contributed by atoms with Crippen LogP contribution in [0.25, 0.3) is 11.0 Å². The minimum absolute atomic E-state index is 0.232. The van der Waals surface area contributed by atoms with Gasteiger partial charge in [-0.15, -0.1) is 10.2 Å². The number of likely N-dealkylation sites (tertiary alicyclic amines) is 1. The van der Waals surface area contributed by atoms with Crippen molar-refractivity contribution in [2.75, 3.05) is 25.0 Å². The number of rotatable bonds is 12. The second-order valence-electron chi connectivity index (χ2n) is 15.5. The molecule has 2 fully saturated rings. The van der Waals surface area contributed by atoms with Crippen LogP contribution in [0.4, 0.5) is 5.69 Å². The third-order valence-electron chi connectivity index (χ3n) is 10.1. The van der Waals surface area contributed by atoms with E-state index in [2.05, 4.69) is 76.8 Å². The van der Waals surface area contributed by atoms with Crippen molar-refractivity contribution in [3.05, 3.63) is 71.1 Å². The Morgan fingerprint density at radius 2 is 2.04 bits per heavy atom. The summed E-state index contributed by atoms with van der Waals surface area (Å²) >= 11 is 0. The van der Waals surface area contributed by atoms with Crippen LogP contribution in [0.3, 0.4) is 0 Å². The Hall–Kier alpha value is -3.85. The lowest BCUT2D eigenvalue weighted by atomic mass is 9.57. The van der Waals surface area contributed by atoms with Gasteiger partial charge in [-0.05, 0) is 91.9 Å². The molecule has 6 rings (SSSR count). The third-order valence-corrected chi connectivity index (χ3v) is 11.8. The summed E-state index contributed by atoms with van der Waals surface area (Å²) in [6, 6.07) is 13.5. The first kappa shape index (κ1) is 34.0. The van der Waals surface area contributed by atoms with Crippen LogP contribution in [-0.4, -0.2) is 62.9 Å². The Labute approximate surface area is 285 Å². The Bertz CT molecular complexity index is 1810. The Balaban J connectivity index is 1.29. The van der Waals surface area contributed by atoms with Crippen molar-refractivity contribution in [1.82, 2.24) is 29.2 Å². The van der Waals surface area contributed by atoms with Gasteiger partial charge in [0.05, 0.1) is 22.5 Å². The molecule has 1 saturated carbocycles. The van der Waals surface area contributed by atoms with E-state index in [-0.39, 0.29) is 11.3 Å². The Morgan fingerprint density at radius 3 is 2.75 bits per heavy atom. The van der Waals surface area contributed by atoms with Crippen LogP contribution >= 0.6 is 0 Å². The zero-order valence-corrected chi connectivity index (χ0v) is 30.4. The highest BCUT2D eigenvalue weighted by molar-refractivity contribution is 6.76. The first-order valence-electron chi connectivity index (χ1n) is 17.4. The molecule has 11 heteroatoms. The summed E-state index contributed by atoms with van der Waals surface area (Å²) in [7, 11) is 0.761. The number of benzene rings is 1. The van der Waals surface area contributed by atoms with E-state index in [9.17, 15) is 10.1 Å². The quantitative estimate of drug-likeness (QED) is 0.130. The summed E-state index contributed by atoms with van der Waals surface area (Å²) in [4.78, 5) is 21.4. The highest BCUT2D eigenvalue weighted by atomic mass is 28.3. The maximum atomic E-state index is 14.0. The number of nitriles is 1. The fourth-order valence-corrected chi connectivity index (χ4v) is 8.41. The molecule has 1 amide bonds. The largest absolute Gasteiger partial charge is 0.361 e. The third kappa shape index (κ3) is 7.26. The number of carbonyl (C=O) groups excluding carboxylic acids is 1. The second kappa shape index (κ2) is 13.9. The van der Waals surface area contributed by atoms with Gasteiger partial charge in [-0.1, -0.05) is 38.7 Å². The normalized spacial score (nSPS) is 21.6. The SMILES string of the molecule is Cc1cn(COCC[Si](C)(C)C)c2c(CN3CCC[C@H](C)C3)cc(C(=O)Nc3cccc(C4(c5nncn5C)CC(CC#N)C4)c3)nc12. The maximum absolute atomic E-state index is 14.0. The second-order valence-corrected chi connectivity index (χ2v) is 21.1. The van der Waals surface area contributed by atoms with Crippen molar-refractivity contribution >= 4 is 30.7 Å². The van der Waals surface area contributed by atoms with E-state index in [1.165, 1.54) is 12.8 Å². The fraction of sp³-hybridized carbons (Fsp3) is 0.541. The molecule has 1 aromatic carbocycles. The average molecular weight is 667 g/mol. The summed E-state index contributed by atoms with van der Waals surface area (Å²) in [5.74, 6) is 1.61. The van der Waals surface area contributed by atoms with Crippen LogP contribution in [0.15, 0.2) is 42.9 Å². The molecule has 1 aliphatic heterocycles. The molecule has 0 unspecified atom stereocenters. The number of ether oxygens (including phenoxy) is 1. The van der Waals surface area contributed by atoms with E-state index in [1.807, 2.05) is 35.9 Å². The number of aryl methyl sites for hydroxylation is 2. The minimum Gasteiger partial charge on any atom is -0.361 e. The van der Waals surface area contributed by atoms with Gasteiger partial charge in [-0.2, -0.15) is 5.26 Å². The topological polar surface area (TPSA) is 114 Å². The number of carbonyl (C=O) groups is 1. The molecule has 0 bridgehead atoms. The number of amides is 1. The van der Waals surface area contributed by atoms with E-state index in [0.717, 1.165) is 78.7 Å². The predicted molar refractivity (Wildman–Crippen MR) is 191 cm³/mol. The molecule has 1 atom stereocenters. The maximum Gasteiger partial charge on any atom is 0.274 e. The van der Waals surface area contributed by atoms with E-state index >= 15 is 0 Å². The molecule has 0 spiro atoms. The molecular weight excluding hydrogens is 617 g/mol. The number of hydrogen-bond acceptors (Lipinski definition) is 7. The Kier molecular flexibility index (Phi) is 9.88. The van der Waals surface area contributed by atoms with Gasteiger partial charge in [0.2, 0.25) is 0 Å². The average Bonchev–Trinajstić information content (AvgIpc) is 3.59. The van der Waals surface area contributed by atoms with E-state index in [0.29, 0.717) is 36.4 Å². The van der Waals surface area contributed by atoms with Crippen LogP contribution in [0.5, 0.6) is 0 Å². The van der Waals surface area contributed by atoms with Crippen LogP contribution in [0, 0.1) is 30.1 Å². The smallest absolute Gasteiger partial charge is 0.274 e. The van der Waals surface area contributed by atoms with Crippen molar-refractivity contribution < 1.29 is 9.53 Å². The molecule has 10 nitrogen and oxygen atoms in total. The molecule has 254 valence electrons. The molecule has 3 aromatic heterocycles. The summed E-state index contributed by atoms with van der Waals surface area (Å²) < 4.78 is 10.3. The standard InChI is InChI=1S/C37H50N8O2Si/c1-26-9-8-14-44(21-26)23-29-17-32(41-33-27(2)22-45(34(29)33)25-47-15-16-48(4,5)6)35(46)40-31-11-7-10-30(18-31)37(19-28(20-37)12-13-38)36-42-39-24-43(36)3/h7,10-11,17-18,22,24,26,28H,8-9,12,14-16,19-21,23,25H2,1-6H3,(H,40,46)/t26-,28?,37?/m0/s1. The van der Waals surface area contributed by atoms with Crippen molar-refractivity contribution in [3.8, 4) is 6.07 Å². The summed E-state index contributed by atoms with van der Waals surface area (Å²) in [5, 5.41) is 21.1. The van der Waals surface area contributed by atoms with Gasteiger partial charge in [0.15, 0.2) is 0 Å². The summed E-state index contributed by atoms with van der Waals surface area (Å²) in [6.07, 6.45) is 8.44. The highest BCUT2D eigenvalue weighted by Gasteiger charge is 2.49. The molecule has 0 radical (unpaired) electrons. The van der Waals surface area contributed by atoms with Crippen LogP contribution in [0.1, 0.15) is 72.0 Å². The molecule has 1 saturated heterocycles. The number of nitrogens with one attached hydrogen (secondary N) is 1. The van der Waals surface area contributed by atoms with E-state index in [4.69, 9.17) is 9.72 Å². The lowest BCUT2D eigenvalue weighted by molar-refractivity contribution is 0.0899. The van der Waals surface area contributed by atoms with Gasteiger partial charge >= 0.3 is 0 Å². The van der Waals surface area contributed by atoms with Gasteiger partial charge in [-0.3, -0.25) is 9.69 Å². The Morgan fingerprint density at radius 1 is 1.23 bits per heavy atom. The van der Waals surface area contributed by atoms with Crippen LogP contribution in [-0.2, 0) is 30.5 Å². The van der Waals surface area contributed by atoms with Gasteiger partial charge in [0, 0.05) is 53.1 Å². The van der Waals surface area contributed by atoms with E-state index in [1.54, 1.807) is 6.33 Å². The first-order chi connectivity index (χ1) is 23.0. The van der Waals surface area contributed by atoms with Crippen molar-refractivity contribution in [1.29, 1.82) is 5.26 Å². The lowest BCUT2D eigenvalue weighted by Gasteiger charge is -2.46. The lowest BCUT2D eigenvalue weighted by Crippen LogP contribution is -2.44. The first-order valence-corrected chi connectivity index (χ1v) is 21.1. The van der Waals surface area contributed by atoms with Crippen LogP contribution < -0.4 is 5.32 Å². The molecule has 4 heterocycles. The number of aromatic nitrogens is 5. The van der Waals surface area contributed by atoms with Crippen molar-refractivity contribution in [2.24, 2.45) is 18.9 Å². The van der Waals surface area contributed by atoms with Gasteiger partial charge < -0.3 is 19.2 Å².